The molecule has 0 aliphatic carbocycles. The zero-order valence-corrected chi connectivity index (χ0v) is 18.8. The second-order valence-corrected chi connectivity index (χ2v) is 8.76. The molecule has 0 radical (unpaired) electrons. The SMILES string of the molecule is CCc1ccc([C@H]2[C@H]3C(=O)N(c4cccc5ccccc45)C(=O)[C@H]3ON2c2ccccc2)cc1. The number of rotatable bonds is 4. The van der Waals surface area contributed by atoms with Crippen LogP contribution in [-0.2, 0) is 20.8 Å². The van der Waals surface area contributed by atoms with Crippen molar-refractivity contribution >= 4 is 34.0 Å². The molecule has 2 aliphatic heterocycles. The van der Waals surface area contributed by atoms with E-state index in [0.717, 1.165) is 28.4 Å². The monoisotopic (exact) mass is 448 g/mol. The lowest BCUT2D eigenvalue weighted by atomic mass is 9.90. The number of hydrogen-bond donors (Lipinski definition) is 0. The van der Waals surface area contributed by atoms with Crippen molar-refractivity contribution in [3.05, 3.63) is 108 Å². The van der Waals surface area contributed by atoms with E-state index < -0.39 is 18.1 Å². The minimum absolute atomic E-state index is 0.227. The molecule has 4 aromatic carbocycles. The van der Waals surface area contributed by atoms with Crippen LogP contribution in [0.25, 0.3) is 10.8 Å². The molecule has 0 N–H and O–H groups in total. The molecule has 34 heavy (non-hydrogen) atoms. The van der Waals surface area contributed by atoms with Crippen LogP contribution >= 0.6 is 0 Å². The predicted octanol–water partition coefficient (Wildman–Crippen LogP) is 5.45. The Balaban J connectivity index is 1.45. The molecule has 0 aromatic heterocycles. The van der Waals surface area contributed by atoms with E-state index in [4.69, 9.17) is 4.84 Å². The molecule has 2 fully saturated rings. The van der Waals surface area contributed by atoms with Crippen LogP contribution in [0.15, 0.2) is 97.1 Å². The summed E-state index contributed by atoms with van der Waals surface area (Å²) in [5.41, 5.74) is 3.60. The maximum Gasteiger partial charge on any atom is 0.266 e. The minimum Gasteiger partial charge on any atom is -0.273 e. The Hall–Kier alpha value is -3.96. The summed E-state index contributed by atoms with van der Waals surface area (Å²) < 4.78 is 0. The lowest BCUT2D eigenvalue weighted by molar-refractivity contribution is -0.126. The lowest BCUT2D eigenvalue weighted by Crippen LogP contribution is -2.37. The Morgan fingerprint density at radius 3 is 2.24 bits per heavy atom. The molecule has 0 unspecified atom stereocenters. The Labute approximate surface area is 198 Å². The highest BCUT2D eigenvalue weighted by molar-refractivity contribution is 6.26. The number of aryl methyl sites for hydroxylation is 1. The zero-order valence-electron chi connectivity index (χ0n) is 18.8. The summed E-state index contributed by atoms with van der Waals surface area (Å²) in [7, 11) is 0. The number of carbonyl (C=O) groups is 2. The van der Waals surface area contributed by atoms with E-state index in [1.165, 1.54) is 10.5 Å². The molecule has 0 saturated carbocycles. The smallest absolute Gasteiger partial charge is 0.266 e. The van der Waals surface area contributed by atoms with Crippen molar-refractivity contribution in [1.82, 2.24) is 0 Å². The third-order valence-corrected chi connectivity index (χ3v) is 6.86. The maximum absolute atomic E-state index is 13.9. The first-order chi connectivity index (χ1) is 16.7. The normalized spacial score (nSPS) is 22.0. The third-order valence-electron chi connectivity index (χ3n) is 6.86. The Morgan fingerprint density at radius 1 is 0.765 bits per heavy atom. The molecule has 0 spiro atoms. The number of imide groups is 1. The van der Waals surface area contributed by atoms with Gasteiger partial charge >= 0.3 is 0 Å². The van der Waals surface area contributed by atoms with Gasteiger partial charge in [0.15, 0.2) is 6.10 Å². The van der Waals surface area contributed by atoms with Crippen LogP contribution in [0.1, 0.15) is 24.1 Å². The van der Waals surface area contributed by atoms with Crippen LogP contribution in [0.4, 0.5) is 11.4 Å². The van der Waals surface area contributed by atoms with Gasteiger partial charge in [0, 0.05) is 5.39 Å². The first-order valence-corrected chi connectivity index (χ1v) is 11.6. The average molecular weight is 449 g/mol. The van der Waals surface area contributed by atoms with Crippen molar-refractivity contribution in [2.45, 2.75) is 25.5 Å². The van der Waals surface area contributed by atoms with E-state index in [0.29, 0.717) is 5.69 Å². The predicted molar refractivity (Wildman–Crippen MR) is 132 cm³/mol. The van der Waals surface area contributed by atoms with E-state index in [2.05, 4.69) is 19.1 Å². The van der Waals surface area contributed by atoms with Crippen molar-refractivity contribution in [1.29, 1.82) is 0 Å². The standard InChI is InChI=1S/C29H24N2O3/c1-2-19-15-17-21(18-16-19)26-25-27(34-31(26)22-11-4-3-5-12-22)29(33)30(28(25)32)24-14-8-10-20-9-6-7-13-23(20)24/h3-18,25-27H,2H2,1H3/t25-,26+,27+/m1/s1. The van der Waals surface area contributed by atoms with Crippen molar-refractivity contribution in [2.24, 2.45) is 5.92 Å². The first-order valence-electron chi connectivity index (χ1n) is 11.6. The van der Waals surface area contributed by atoms with Crippen LogP contribution in [0.5, 0.6) is 0 Å². The van der Waals surface area contributed by atoms with Crippen LogP contribution in [0.2, 0.25) is 0 Å². The molecule has 4 aromatic rings. The summed E-state index contributed by atoms with van der Waals surface area (Å²) in [6.45, 7) is 2.11. The molecule has 2 aliphatic rings. The molecule has 3 atom stereocenters. The molecule has 2 amide bonds. The number of nitrogens with zero attached hydrogens (tertiary/aromatic N) is 2. The molecule has 2 heterocycles. The summed E-state index contributed by atoms with van der Waals surface area (Å²) in [5, 5.41) is 3.60. The van der Waals surface area contributed by atoms with E-state index in [1.807, 2.05) is 84.9 Å². The van der Waals surface area contributed by atoms with Gasteiger partial charge in [0.1, 0.15) is 5.92 Å². The Kier molecular flexibility index (Phi) is 4.93. The third kappa shape index (κ3) is 3.12. The van der Waals surface area contributed by atoms with Gasteiger partial charge in [-0.3, -0.25) is 14.4 Å². The van der Waals surface area contributed by atoms with Crippen LogP contribution < -0.4 is 9.96 Å². The largest absolute Gasteiger partial charge is 0.273 e. The number of hydrogen-bond acceptors (Lipinski definition) is 4. The van der Waals surface area contributed by atoms with E-state index in [9.17, 15) is 9.59 Å². The van der Waals surface area contributed by atoms with Gasteiger partial charge in [-0.2, -0.15) is 0 Å². The maximum atomic E-state index is 13.9. The number of hydroxylamine groups is 1. The molecule has 168 valence electrons. The number of amides is 2. The van der Waals surface area contributed by atoms with Gasteiger partial charge in [0.2, 0.25) is 5.91 Å². The van der Waals surface area contributed by atoms with Gasteiger partial charge in [-0.15, -0.1) is 0 Å². The zero-order chi connectivity index (χ0) is 23.2. The van der Waals surface area contributed by atoms with Crippen LogP contribution in [-0.4, -0.2) is 17.9 Å². The fourth-order valence-corrected chi connectivity index (χ4v) is 5.14. The van der Waals surface area contributed by atoms with Crippen LogP contribution in [0.3, 0.4) is 0 Å². The van der Waals surface area contributed by atoms with Crippen molar-refractivity contribution < 1.29 is 14.4 Å². The second kappa shape index (κ2) is 8.12. The van der Waals surface area contributed by atoms with E-state index >= 15 is 0 Å². The van der Waals surface area contributed by atoms with Gasteiger partial charge in [-0.25, -0.2) is 9.96 Å². The molecule has 2 saturated heterocycles. The number of benzene rings is 4. The quantitative estimate of drug-likeness (QED) is 0.390. The van der Waals surface area contributed by atoms with E-state index in [1.54, 1.807) is 5.06 Å². The number of fused-ring (bicyclic) bond motifs is 2. The Bertz CT molecular complexity index is 1380. The van der Waals surface area contributed by atoms with Gasteiger partial charge in [-0.1, -0.05) is 85.8 Å². The molecular formula is C29H24N2O3. The summed E-state index contributed by atoms with van der Waals surface area (Å²) >= 11 is 0. The number of carbonyl (C=O) groups excluding carboxylic acids is 2. The number of anilines is 2. The molecule has 6 rings (SSSR count). The summed E-state index contributed by atoms with van der Waals surface area (Å²) in [4.78, 5) is 35.2. The topological polar surface area (TPSA) is 49.9 Å². The Morgan fingerprint density at radius 2 is 1.47 bits per heavy atom. The van der Waals surface area contributed by atoms with Gasteiger partial charge < -0.3 is 0 Å². The summed E-state index contributed by atoms with van der Waals surface area (Å²) in [6, 6.07) is 31.0. The fraction of sp³-hybridized carbons (Fsp3) is 0.172. The first kappa shape index (κ1) is 20.6. The van der Waals surface area contributed by atoms with Crippen molar-refractivity contribution in [2.75, 3.05) is 9.96 Å². The fourth-order valence-electron chi connectivity index (χ4n) is 5.14. The van der Waals surface area contributed by atoms with Crippen molar-refractivity contribution in [3.63, 3.8) is 0 Å². The van der Waals surface area contributed by atoms with Crippen LogP contribution in [0, 0.1) is 5.92 Å². The van der Waals surface area contributed by atoms with Gasteiger partial charge in [0.25, 0.3) is 5.91 Å². The average Bonchev–Trinajstić information content (AvgIpc) is 3.40. The summed E-state index contributed by atoms with van der Waals surface area (Å²) in [5.74, 6) is -1.19. The lowest BCUT2D eigenvalue weighted by Gasteiger charge is -2.29. The molecular weight excluding hydrogens is 424 g/mol. The number of para-hydroxylation sites is 1. The highest BCUT2D eigenvalue weighted by Gasteiger charge is 2.60. The van der Waals surface area contributed by atoms with E-state index in [-0.39, 0.29) is 11.8 Å². The van der Waals surface area contributed by atoms with Gasteiger partial charge in [0.05, 0.1) is 17.4 Å². The van der Waals surface area contributed by atoms with Crippen molar-refractivity contribution in [3.8, 4) is 0 Å². The summed E-state index contributed by atoms with van der Waals surface area (Å²) in [6.07, 6.45) is 0.0601. The molecule has 5 heteroatoms. The second-order valence-electron chi connectivity index (χ2n) is 8.76. The molecule has 5 nitrogen and oxygen atoms in total. The molecule has 0 bridgehead atoms. The minimum atomic E-state index is -0.873. The van der Waals surface area contributed by atoms with Gasteiger partial charge in [-0.05, 0) is 41.1 Å². The highest BCUT2D eigenvalue weighted by atomic mass is 16.7. The highest BCUT2D eigenvalue weighted by Crippen LogP contribution is 2.48.